The van der Waals surface area contributed by atoms with Gasteiger partial charge in [0.1, 0.15) is 5.75 Å². The van der Waals surface area contributed by atoms with E-state index in [1.807, 2.05) is 49.4 Å². The van der Waals surface area contributed by atoms with E-state index in [2.05, 4.69) is 0 Å². The van der Waals surface area contributed by atoms with Gasteiger partial charge in [-0.25, -0.2) is 4.57 Å². The molecule has 2 atom stereocenters. The summed E-state index contributed by atoms with van der Waals surface area (Å²) in [6.45, 7) is 1.89. The molecule has 0 radical (unpaired) electrons. The van der Waals surface area contributed by atoms with Crippen molar-refractivity contribution in [2.45, 2.75) is 13.0 Å². The molecular formula is C14H13O3P. The number of rotatable bonds is 1. The zero-order chi connectivity index (χ0) is 12.6. The molecule has 3 rings (SSSR count). The Kier molecular flexibility index (Phi) is 2.73. The Balaban J connectivity index is 2.06. The summed E-state index contributed by atoms with van der Waals surface area (Å²) in [4.78, 5) is 0. The largest absolute Gasteiger partial charge is 0.421 e. The monoisotopic (exact) mass is 260 g/mol. The van der Waals surface area contributed by atoms with Crippen molar-refractivity contribution in [2.75, 3.05) is 0 Å². The Hall–Kier alpha value is -1.57. The van der Waals surface area contributed by atoms with Crippen LogP contribution in [0.5, 0.6) is 5.75 Å². The third-order valence-corrected chi connectivity index (χ3v) is 4.91. The van der Waals surface area contributed by atoms with E-state index in [0.717, 1.165) is 5.56 Å². The van der Waals surface area contributed by atoms with Gasteiger partial charge in [-0.3, -0.25) is 4.52 Å². The minimum atomic E-state index is -3.25. The molecule has 1 aliphatic heterocycles. The maximum atomic E-state index is 12.8. The van der Waals surface area contributed by atoms with Crippen LogP contribution in [0.3, 0.4) is 0 Å². The topological polar surface area (TPSA) is 35.5 Å². The Morgan fingerprint density at radius 1 is 1.00 bits per heavy atom. The number of para-hydroxylation sites is 1. The number of hydrogen-bond donors (Lipinski definition) is 0. The van der Waals surface area contributed by atoms with Crippen LogP contribution in [0.1, 0.15) is 18.6 Å². The SMILES string of the molecule is C[C@@H]1O[P@](=O)(c2ccccc2)Oc2ccccc21. The molecule has 0 N–H and O–H groups in total. The van der Waals surface area contributed by atoms with Gasteiger partial charge >= 0.3 is 7.60 Å². The first-order valence-electron chi connectivity index (χ1n) is 5.82. The molecule has 2 aromatic carbocycles. The van der Waals surface area contributed by atoms with E-state index in [-0.39, 0.29) is 6.10 Å². The first kappa shape index (κ1) is 11.5. The number of benzene rings is 2. The molecule has 92 valence electrons. The first-order valence-corrected chi connectivity index (χ1v) is 7.36. The van der Waals surface area contributed by atoms with Crippen LogP contribution >= 0.6 is 7.60 Å². The highest BCUT2D eigenvalue weighted by Crippen LogP contribution is 2.56. The summed E-state index contributed by atoms with van der Waals surface area (Å²) in [5.41, 5.74) is 0.930. The minimum absolute atomic E-state index is 0.235. The molecule has 0 amide bonds. The van der Waals surface area contributed by atoms with Gasteiger partial charge in [0.15, 0.2) is 0 Å². The fraction of sp³-hybridized carbons (Fsp3) is 0.143. The molecule has 0 saturated heterocycles. The van der Waals surface area contributed by atoms with Crippen molar-refractivity contribution >= 4 is 12.9 Å². The molecule has 0 aliphatic carbocycles. The van der Waals surface area contributed by atoms with Crippen molar-refractivity contribution in [3.8, 4) is 5.75 Å². The summed E-state index contributed by atoms with van der Waals surface area (Å²) >= 11 is 0. The Labute approximate surface area is 106 Å². The summed E-state index contributed by atoms with van der Waals surface area (Å²) in [6, 6.07) is 16.6. The highest BCUT2D eigenvalue weighted by Gasteiger charge is 2.37. The fourth-order valence-electron chi connectivity index (χ4n) is 2.04. The first-order chi connectivity index (χ1) is 8.69. The van der Waals surface area contributed by atoms with E-state index >= 15 is 0 Å². The van der Waals surface area contributed by atoms with Crippen LogP contribution in [-0.4, -0.2) is 0 Å². The van der Waals surface area contributed by atoms with Crippen molar-refractivity contribution in [1.82, 2.24) is 0 Å². The maximum absolute atomic E-state index is 12.8. The summed E-state index contributed by atoms with van der Waals surface area (Å²) in [6.07, 6.45) is -0.235. The van der Waals surface area contributed by atoms with Crippen LogP contribution in [0.15, 0.2) is 54.6 Å². The highest BCUT2D eigenvalue weighted by atomic mass is 31.2. The van der Waals surface area contributed by atoms with Gasteiger partial charge < -0.3 is 4.52 Å². The lowest BCUT2D eigenvalue weighted by atomic mass is 10.1. The average Bonchev–Trinajstić information content (AvgIpc) is 2.40. The van der Waals surface area contributed by atoms with Gasteiger partial charge in [-0.15, -0.1) is 0 Å². The Morgan fingerprint density at radius 3 is 2.44 bits per heavy atom. The molecular weight excluding hydrogens is 247 g/mol. The fourth-order valence-corrected chi connectivity index (χ4v) is 3.80. The second-order valence-electron chi connectivity index (χ2n) is 4.21. The molecule has 0 unspecified atom stereocenters. The van der Waals surface area contributed by atoms with Crippen LogP contribution in [0.4, 0.5) is 0 Å². The predicted molar refractivity (Wildman–Crippen MR) is 70.3 cm³/mol. The van der Waals surface area contributed by atoms with Crippen LogP contribution in [-0.2, 0) is 9.09 Å². The van der Waals surface area contributed by atoms with E-state index in [9.17, 15) is 4.57 Å². The molecule has 2 aromatic rings. The van der Waals surface area contributed by atoms with E-state index in [4.69, 9.17) is 9.05 Å². The third-order valence-electron chi connectivity index (χ3n) is 2.94. The van der Waals surface area contributed by atoms with Gasteiger partial charge in [0.05, 0.1) is 11.4 Å². The number of hydrogen-bond acceptors (Lipinski definition) is 3. The lowest BCUT2D eigenvalue weighted by Crippen LogP contribution is -2.18. The van der Waals surface area contributed by atoms with Crippen molar-refractivity contribution in [1.29, 1.82) is 0 Å². The van der Waals surface area contributed by atoms with E-state index in [0.29, 0.717) is 11.1 Å². The van der Waals surface area contributed by atoms with Crippen LogP contribution in [0, 0.1) is 0 Å². The zero-order valence-corrected chi connectivity index (χ0v) is 10.8. The molecule has 0 spiro atoms. The van der Waals surface area contributed by atoms with Gasteiger partial charge in [0, 0.05) is 5.56 Å². The molecule has 1 heterocycles. The quantitative estimate of drug-likeness (QED) is 0.734. The normalized spacial score (nSPS) is 26.2. The van der Waals surface area contributed by atoms with Crippen molar-refractivity contribution < 1.29 is 13.6 Å². The lowest BCUT2D eigenvalue weighted by molar-refractivity contribution is 0.181. The molecule has 1 aliphatic rings. The molecule has 3 nitrogen and oxygen atoms in total. The van der Waals surface area contributed by atoms with Crippen molar-refractivity contribution in [2.24, 2.45) is 0 Å². The minimum Gasteiger partial charge on any atom is -0.421 e. The molecule has 0 fully saturated rings. The molecule has 0 bridgehead atoms. The van der Waals surface area contributed by atoms with Crippen LogP contribution in [0.2, 0.25) is 0 Å². The van der Waals surface area contributed by atoms with Crippen molar-refractivity contribution in [3.05, 3.63) is 60.2 Å². The van der Waals surface area contributed by atoms with E-state index in [1.54, 1.807) is 12.1 Å². The molecule has 0 saturated carbocycles. The Morgan fingerprint density at radius 2 is 1.67 bits per heavy atom. The zero-order valence-electron chi connectivity index (χ0n) is 9.95. The van der Waals surface area contributed by atoms with Crippen molar-refractivity contribution in [3.63, 3.8) is 0 Å². The van der Waals surface area contributed by atoms with Crippen LogP contribution < -0.4 is 9.83 Å². The summed E-state index contributed by atoms with van der Waals surface area (Å²) in [7, 11) is -3.25. The summed E-state index contributed by atoms with van der Waals surface area (Å²) < 4.78 is 24.0. The van der Waals surface area contributed by atoms with Crippen LogP contribution in [0.25, 0.3) is 0 Å². The van der Waals surface area contributed by atoms with E-state index in [1.165, 1.54) is 0 Å². The van der Waals surface area contributed by atoms with Gasteiger partial charge in [-0.05, 0) is 25.1 Å². The highest BCUT2D eigenvalue weighted by molar-refractivity contribution is 7.62. The lowest BCUT2D eigenvalue weighted by Gasteiger charge is -2.30. The van der Waals surface area contributed by atoms with Gasteiger partial charge in [-0.1, -0.05) is 36.4 Å². The Bertz CT molecular complexity index is 609. The predicted octanol–water partition coefficient (Wildman–Crippen LogP) is 3.68. The van der Waals surface area contributed by atoms with E-state index < -0.39 is 7.60 Å². The van der Waals surface area contributed by atoms with Gasteiger partial charge in [0.2, 0.25) is 0 Å². The third kappa shape index (κ3) is 1.86. The second kappa shape index (κ2) is 4.27. The van der Waals surface area contributed by atoms with Gasteiger partial charge in [0.25, 0.3) is 0 Å². The summed E-state index contributed by atoms with van der Waals surface area (Å²) in [5.74, 6) is 0.642. The molecule has 0 aromatic heterocycles. The maximum Gasteiger partial charge on any atom is 0.411 e. The number of fused-ring (bicyclic) bond motifs is 1. The average molecular weight is 260 g/mol. The second-order valence-corrected chi connectivity index (χ2v) is 6.11. The standard InChI is InChI=1S/C14H13O3P/c1-11-13-9-5-6-10-14(13)17-18(15,16-11)12-7-3-2-4-8-12/h2-11H,1H3/t11-,18+/m0/s1. The summed E-state index contributed by atoms with van der Waals surface area (Å²) in [5, 5.41) is 0.589. The molecule has 4 heteroatoms. The smallest absolute Gasteiger partial charge is 0.411 e. The van der Waals surface area contributed by atoms with Gasteiger partial charge in [-0.2, -0.15) is 0 Å². The molecule has 18 heavy (non-hydrogen) atoms.